The molecule has 0 spiro atoms. The third-order valence-corrected chi connectivity index (χ3v) is 5.81. The molecular weight excluding hydrogens is 398 g/mol. The van der Waals surface area contributed by atoms with E-state index < -0.39 is 0 Å². The van der Waals surface area contributed by atoms with E-state index in [4.69, 9.17) is 0 Å². The van der Waals surface area contributed by atoms with Crippen LogP contribution in [0.25, 0.3) is 0 Å². The molecule has 1 heteroatoms. The Morgan fingerprint density at radius 2 is 1.52 bits per heavy atom. The number of hydrogen-bond acceptors (Lipinski definition) is 1. The van der Waals surface area contributed by atoms with Crippen molar-refractivity contribution in [2.24, 2.45) is 4.99 Å². The van der Waals surface area contributed by atoms with Gasteiger partial charge in [-0.2, -0.15) is 0 Å². The monoisotopic (exact) mass is 451 g/mol. The van der Waals surface area contributed by atoms with Crippen LogP contribution in [0.3, 0.4) is 0 Å². The van der Waals surface area contributed by atoms with Gasteiger partial charge >= 0.3 is 0 Å². The lowest BCUT2D eigenvalue weighted by Crippen LogP contribution is -1.99. The summed E-state index contributed by atoms with van der Waals surface area (Å²) in [6, 6.07) is 8.66. The molecule has 0 amide bonds. The minimum Gasteiger partial charge on any atom is -0.293 e. The van der Waals surface area contributed by atoms with Crippen LogP contribution in [0.5, 0.6) is 0 Å². The topological polar surface area (TPSA) is 12.4 Å². The normalized spacial score (nSPS) is 13.2. The maximum Gasteiger partial charge on any atom is 0.0345 e. The van der Waals surface area contributed by atoms with Crippen LogP contribution in [0, 0.1) is 6.92 Å². The van der Waals surface area contributed by atoms with Crippen molar-refractivity contribution in [3.05, 3.63) is 82.5 Å². The van der Waals surface area contributed by atoms with E-state index in [1.54, 1.807) is 0 Å². The third kappa shape index (κ3) is 15.3. The summed E-state index contributed by atoms with van der Waals surface area (Å²) in [4.78, 5) is 4.22. The van der Waals surface area contributed by atoms with Crippen molar-refractivity contribution in [1.29, 1.82) is 0 Å². The van der Waals surface area contributed by atoms with Crippen molar-refractivity contribution < 1.29 is 0 Å². The van der Waals surface area contributed by atoms with Gasteiger partial charge in [0.1, 0.15) is 0 Å². The molecule has 0 heterocycles. The van der Waals surface area contributed by atoms with Crippen molar-refractivity contribution in [3.8, 4) is 0 Å². The molecule has 0 radical (unpaired) electrons. The second kappa shape index (κ2) is 20.5. The van der Waals surface area contributed by atoms with Gasteiger partial charge in [0, 0.05) is 12.8 Å². The molecule has 0 saturated heterocycles. The summed E-state index contributed by atoms with van der Waals surface area (Å²) in [6.45, 7) is 26.9. The summed E-state index contributed by atoms with van der Waals surface area (Å²) in [7, 11) is 1.84. The van der Waals surface area contributed by atoms with Gasteiger partial charge in [0.25, 0.3) is 0 Å². The van der Waals surface area contributed by atoms with E-state index in [2.05, 4.69) is 97.0 Å². The lowest BCUT2D eigenvalue weighted by molar-refractivity contribution is 0.789. The molecule has 0 aromatic heterocycles. The maximum atomic E-state index is 4.22. The van der Waals surface area contributed by atoms with Gasteiger partial charge in [-0.25, -0.2) is 0 Å². The zero-order valence-corrected chi connectivity index (χ0v) is 23.7. The van der Waals surface area contributed by atoms with Crippen molar-refractivity contribution in [1.82, 2.24) is 0 Å². The minimum atomic E-state index is 1.10. The van der Waals surface area contributed by atoms with Crippen molar-refractivity contribution in [2.45, 2.75) is 107 Å². The fourth-order valence-corrected chi connectivity index (χ4v) is 3.15. The van der Waals surface area contributed by atoms with Gasteiger partial charge in [-0.05, 0) is 101 Å². The molecule has 0 fully saturated rings. The highest BCUT2D eigenvalue weighted by Crippen LogP contribution is 2.29. The molecule has 1 aliphatic carbocycles. The molecule has 0 bridgehead atoms. The number of unbranched alkanes of at least 4 members (excludes halogenated alkanes) is 1. The van der Waals surface area contributed by atoms with Crippen LogP contribution in [-0.2, 0) is 6.42 Å². The molecule has 1 aromatic carbocycles. The lowest BCUT2D eigenvalue weighted by Gasteiger charge is -2.11. The Morgan fingerprint density at radius 3 is 1.88 bits per heavy atom. The second-order valence-electron chi connectivity index (χ2n) is 8.56. The number of aliphatic imine (C=N–C) groups is 1. The van der Waals surface area contributed by atoms with Gasteiger partial charge in [-0.15, -0.1) is 6.58 Å². The van der Waals surface area contributed by atoms with Gasteiger partial charge in [0.15, 0.2) is 0 Å². The summed E-state index contributed by atoms with van der Waals surface area (Å²) in [5.74, 6) is 0. The molecule has 1 nitrogen and oxygen atoms in total. The minimum absolute atomic E-state index is 1.10. The number of hydrogen-bond donors (Lipinski definition) is 0. The van der Waals surface area contributed by atoms with Crippen molar-refractivity contribution in [3.63, 3.8) is 0 Å². The van der Waals surface area contributed by atoms with E-state index in [1.807, 2.05) is 20.9 Å². The van der Waals surface area contributed by atoms with Crippen LogP contribution in [0.4, 0.5) is 0 Å². The second-order valence-corrected chi connectivity index (χ2v) is 8.56. The van der Waals surface area contributed by atoms with Crippen LogP contribution < -0.4 is 0 Å². The average Bonchev–Trinajstić information content (AvgIpc) is 3.38. The van der Waals surface area contributed by atoms with E-state index in [0.29, 0.717) is 0 Å². The highest BCUT2D eigenvalue weighted by atomic mass is 14.7. The summed E-state index contributed by atoms with van der Waals surface area (Å²) >= 11 is 0. The van der Waals surface area contributed by atoms with E-state index in [9.17, 15) is 0 Å². The summed E-state index contributed by atoms with van der Waals surface area (Å²) in [6.07, 6.45) is 10.9. The van der Waals surface area contributed by atoms with Gasteiger partial charge in [0.2, 0.25) is 0 Å². The van der Waals surface area contributed by atoms with E-state index >= 15 is 0 Å². The molecule has 1 aliphatic rings. The Morgan fingerprint density at radius 1 is 0.939 bits per heavy atom. The SMILES string of the molecule is C=C(C)CCCC.C=C(C1=CCCC1)/C(C)=C(/C)C(C)=NC.CC.CCc1ccc(C)cc1. The van der Waals surface area contributed by atoms with E-state index in [0.717, 1.165) is 12.1 Å². The Hall–Kier alpha value is -2.15. The lowest BCUT2D eigenvalue weighted by atomic mass is 9.95. The van der Waals surface area contributed by atoms with Crippen LogP contribution in [-0.4, -0.2) is 12.8 Å². The number of aryl methyl sites for hydroxylation is 2. The van der Waals surface area contributed by atoms with Crippen LogP contribution in [0.2, 0.25) is 0 Å². The number of rotatable bonds is 7. The van der Waals surface area contributed by atoms with Gasteiger partial charge in [0.05, 0.1) is 0 Å². The number of nitrogens with zero attached hydrogens (tertiary/aromatic N) is 1. The summed E-state index contributed by atoms with van der Waals surface area (Å²) < 4.78 is 0. The third-order valence-electron chi connectivity index (χ3n) is 5.81. The fraction of sp³-hybridized carbons (Fsp3) is 0.531. The molecule has 0 atom stereocenters. The van der Waals surface area contributed by atoms with Gasteiger partial charge in [-0.3, -0.25) is 4.99 Å². The van der Waals surface area contributed by atoms with E-state index in [-0.39, 0.29) is 0 Å². The fourth-order valence-electron chi connectivity index (χ4n) is 3.15. The molecular formula is C32H53N. The summed E-state index contributed by atoms with van der Waals surface area (Å²) in [5.41, 5.74) is 10.3. The van der Waals surface area contributed by atoms with Crippen molar-refractivity contribution in [2.75, 3.05) is 7.05 Å². The van der Waals surface area contributed by atoms with Gasteiger partial charge in [-0.1, -0.05) is 82.2 Å². The van der Waals surface area contributed by atoms with Gasteiger partial charge < -0.3 is 0 Å². The smallest absolute Gasteiger partial charge is 0.0345 e. The predicted molar refractivity (Wildman–Crippen MR) is 155 cm³/mol. The maximum absolute atomic E-state index is 4.22. The van der Waals surface area contributed by atoms with Crippen LogP contribution in [0.1, 0.15) is 105 Å². The highest BCUT2D eigenvalue weighted by molar-refractivity contribution is 5.99. The number of allylic oxidation sites excluding steroid dienone is 6. The average molecular weight is 452 g/mol. The molecule has 1 aromatic rings. The zero-order valence-electron chi connectivity index (χ0n) is 23.7. The zero-order chi connectivity index (χ0) is 25.8. The molecule has 2 rings (SSSR count). The van der Waals surface area contributed by atoms with E-state index in [1.165, 1.54) is 77.5 Å². The Labute approximate surface area is 207 Å². The highest BCUT2D eigenvalue weighted by Gasteiger charge is 2.11. The molecule has 33 heavy (non-hydrogen) atoms. The quantitative estimate of drug-likeness (QED) is 0.222. The standard InChI is InChI=1S/C14H21N.C9H12.C7H14.C2H6/c1-10(11(2)13(4)15-5)12(3)14-8-6-7-9-14;1-3-9-6-4-8(2)5-7-9;1-4-5-6-7(2)3;1-2/h8H,3,6-7,9H2,1-2,4-5H3;4-7H,3H2,1-2H3;2,4-6H2,1,3H3;1-2H3/b11-10-,15-13?;;;. The molecule has 0 N–H and O–H groups in total. The number of benzene rings is 1. The van der Waals surface area contributed by atoms with Crippen molar-refractivity contribution >= 4 is 5.71 Å². The first-order valence-corrected chi connectivity index (χ1v) is 12.9. The largest absolute Gasteiger partial charge is 0.293 e. The molecule has 0 unspecified atom stereocenters. The molecule has 0 aliphatic heterocycles. The predicted octanol–water partition coefficient (Wildman–Crippen LogP) is 10.4. The summed E-state index contributed by atoms with van der Waals surface area (Å²) in [5, 5.41) is 0. The van der Waals surface area contributed by atoms with Crippen LogP contribution in [0.15, 0.2) is 76.4 Å². The first kappa shape index (κ1) is 33.0. The first-order chi connectivity index (χ1) is 15.7. The Bertz CT molecular complexity index is 769. The van der Waals surface area contributed by atoms with Crippen LogP contribution >= 0.6 is 0 Å². The Kier molecular flexibility index (Phi) is 20.5. The Balaban J connectivity index is 0. The molecule has 186 valence electrons. The first-order valence-electron chi connectivity index (χ1n) is 12.9. The molecule has 0 saturated carbocycles.